The minimum Gasteiger partial charge on any atom is -0.454 e. The average molecular weight is 370 g/mol. The normalized spacial score (nSPS) is 35.7. The molecule has 5 nitrogen and oxygen atoms in total. The van der Waals surface area contributed by atoms with Crippen LogP contribution in [0, 0.1) is 29.6 Å². The summed E-state index contributed by atoms with van der Waals surface area (Å²) in [4.78, 5) is 24.3. The number of aldehydes is 1. The first-order valence-corrected chi connectivity index (χ1v) is 9.52. The highest BCUT2D eigenvalue weighted by Crippen LogP contribution is 2.49. The highest BCUT2D eigenvalue weighted by atomic mass is 35.5. The summed E-state index contributed by atoms with van der Waals surface area (Å²) in [5, 5.41) is 14.1. The summed E-state index contributed by atoms with van der Waals surface area (Å²) in [6, 6.07) is 0. The van der Waals surface area contributed by atoms with Crippen LogP contribution in [0.2, 0.25) is 0 Å². The molecule has 140 valence electrons. The van der Waals surface area contributed by atoms with Gasteiger partial charge in [0.1, 0.15) is 12.4 Å². The minimum absolute atomic E-state index is 0.194. The van der Waals surface area contributed by atoms with Crippen molar-refractivity contribution in [3.05, 3.63) is 0 Å². The Morgan fingerprint density at radius 2 is 2.20 bits per heavy atom. The number of aliphatic hydroxyl groups is 1. The van der Waals surface area contributed by atoms with E-state index in [4.69, 9.17) is 16.3 Å². The molecule has 0 aromatic heterocycles. The molecule has 2 N–H and O–H groups in total. The summed E-state index contributed by atoms with van der Waals surface area (Å²) >= 11 is 5.95. The van der Waals surface area contributed by atoms with Gasteiger partial charge < -0.3 is 14.6 Å². The van der Waals surface area contributed by atoms with Crippen molar-refractivity contribution < 1.29 is 19.4 Å². The molecule has 6 heteroatoms. The summed E-state index contributed by atoms with van der Waals surface area (Å²) in [5.74, 6) is 4.80. The fourth-order valence-corrected chi connectivity index (χ4v) is 4.42. The van der Waals surface area contributed by atoms with Crippen molar-refractivity contribution >= 4 is 23.9 Å². The lowest BCUT2D eigenvalue weighted by atomic mass is 9.60. The molecule has 0 bridgehead atoms. The molecule has 0 amide bonds. The summed E-state index contributed by atoms with van der Waals surface area (Å²) in [6.07, 6.45) is 4.33. The minimum atomic E-state index is -1.36. The molecular formula is C19H28ClNO4. The Kier molecular flexibility index (Phi) is 6.53. The highest BCUT2D eigenvalue weighted by molar-refractivity contribution is 6.18. The molecule has 0 aromatic carbocycles. The first-order valence-electron chi connectivity index (χ1n) is 8.99. The third kappa shape index (κ3) is 3.20. The van der Waals surface area contributed by atoms with Crippen molar-refractivity contribution in [2.24, 2.45) is 17.8 Å². The standard InChI is InChI=1S/C19H28ClNO4/c1-13(11-20)15(12-22)18(2)19(21-3,17(24)25-18)16(23)14-9-7-5-4-6-8-10-14/h12-16,21,23H,4-7,9,11H2,1-3H3/t13-,14-,15-,16-,18+,19?/m1/s1. The van der Waals surface area contributed by atoms with Crippen LogP contribution in [0.3, 0.4) is 0 Å². The number of alkyl halides is 1. The van der Waals surface area contributed by atoms with Crippen LogP contribution in [-0.2, 0) is 14.3 Å². The van der Waals surface area contributed by atoms with Crippen LogP contribution in [0.25, 0.3) is 0 Å². The molecule has 1 saturated heterocycles. The molecule has 0 radical (unpaired) electrons. The van der Waals surface area contributed by atoms with Crippen LogP contribution in [0.1, 0.15) is 46.0 Å². The first-order chi connectivity index (χ1) is 11.9. The second-order valence-electron chi connectivity index (χ2n) is 7.32. The molecular weight excluding hydrogens is 342 g/mol. The Labute approximate surface area is 154 Å². The van der Waals surface area contributed by atoms with Crippen LogP contribution in [0.5, 0.6) is 0 Å². The maximum Gasteiger partial charge on any atom is 0.333 e. The van der Waals surface area contributed by atoms with Gasteiger partial charge in [0.15, 0.2) is 11.1 Å². The monoisotopic (exact) mass is 369 g/mol. The molecule has 1 fully saturated rings. The van der Waals surface area contributed by atoms with Gasteiger partial charge in [-0.05, 0) is 32.7 Å². The highest BCUT2D eigenvalue weighted by Gasteiger charge is 2.73. The molecule has 6 atom stereocenters. The van der Waals surface area contributed by atoms with Gasteiger partial charge in [-0.25, -0.2) is 4.79 Å². The number of ether oxygens (including phenoxy) is 1. The molecule has 0 saturated carbocycles. The fourth-order valence-electron chi connectivity index (χ4n) is 4.22. The topological polar surface area (TPSA) is 75.6 Å². The number of hydrogen-bond donors (Lipinski definition) is 2. The number of carbonyl (C=O) groups excluding carboxylic acids is 2. The molecule has 0 aromatic rings. The van der Waals surface area contributed by atoms with E-state index in [9.17, 15) is 14.7 Å². The molecule has 2 rings (SSSR count). The van der Waals surface area contributed by atoms with E-state index >= 15 is 0 Å². The summed E-state index contributed by atoms with van der Waals surface area (Å²) in [7, 11) is 1.62. The summed E-state index contributed by atoms with van der Waals surface area (Å²) in [5.41, 5.74) is -2.53. The van der Waals surface area contributed by atoms with Crippen molar-refractivity contribution in [1.82, 2.24) is 5.32 Å². The number of nitrogens with one attached hydrogen (secondary N) is 1. The molecule has 25 heavy (non-hydrogen) atoms. The van der Waals surface area contributed by atoms with Crippen molar-refractivity contribution in [3.8, 4) is 11.8 Å². The van der Waals surface area contributed by atoms with Gasteiger partial charge in [0.25, 0.3) is 0 Å². The maximum atomic E-state index is 12.5. The Bertz CT molecular complexity index is 572. The number of cyclic esters (lactones) is 1. The molecule has 0 spiro atoms. The quantitative estimate of drug-likeness (QED) is 0.310. The number of carbonyl (C=O) groups is 2. The van der Waals surface area contributed by atoms with Crippen molar-refractivity contribution in [2.75, 3.05) is 12.9 Å². The Morgan fingerprint density at radius 3 is 2.76 bits per heavy atom. The van der Waals surface area contributed by atoms with Gasteiger partial charge in [-0.2, -0.15) is 0 Å². The Balaban J connectivity index is 2.40. The van der Waals surface area contributed by atoms with E-state index < -0.39 is 29.1 Å². The number of halogens is 1. The van der Waals surface area contributed by atoms with E-state index in [1.807, 2.05) is 6.92 Å². The Morgan fingerprint density at radius 1 is 1.48 bits per heavy atom. The number of likely N-dealkylation sites (N-methyl/N-ethyl adjacent to an activating group) is 1. The summed E-state index contributed by atoms with van der Waals surface area (Å²) in [6.45, 7) is 3.54. The van der Waals surface area contributed by atoms with Gasteiger partial charge in [-0.3, -0.25) is 5.32 Å². The lowest BCUT2D eigenvalue weighted by Gasteiger charge is -2.60. The van der Waals surface area contributed by atoms with E-state index in [2.05, 4.69) is 17.2 Å². The zero-order valence-corrected chi connectivity index (χ0v) is 15.9. The SMILES string of the molecule is CNC1([C@H](O)[C@H]2C#CCCCCC2)C(=O)O[C@@]1(C)[C@H](C=O)[C@H](C)CCl. The zero-order chi connectivity index (χ0) is 18.7. The molecule has 1 aliphatic heterocycles. The third-order valence-electron chi connectivity index (χ3n) is 5.87. The second kappa shape index (κ2) is 8.07. The van der Waals surface area contributed by atoms with Crippen molar-refractivity contribution in [3.63, 3.8) is 0 Å². The van der Waals surface area contributed by atoms with Gasteiger partial charge in [-0.1, -0.05) is 25.7 Å². The van der Waals surface area contributed by atoms with Crippen LogP contribution >= 0.6 is 11.6 Å². The van der Waals surface area contributed by atoms with Gasteiger partial charge in [0.2, 0.25) is 0 Å². The molecule has 1 unspecified atom stereocenters. The summed E-state index contributed by atoms with van der Waals surface area (Å²) < 4.78 is 5.48. The smallest absolute Gasteiger partial charge is 0.333 e. The van der Waals surface area contributed by atoms with E-state index in [1.165, 1.54) is 0 Å². The van der Waals surface area contributed by atoms with Crippen molar-refractivity contribution in [1.29, 1.82) is 0 Å². The predicted molar refractivity (Wildman–Crippen MR) is 96.1 cm³/mol. The first kappa shape index (κ1) is 20.2. The van der Waals surface area contributed by atoms with Gasteiger partial charge >= 0.3 is 5.97 Å². The second-order valence-corrected chi connectivity index (χ2v) is 7.63. The predicted octanol–water partition coefficient (Wildman–Crippen LogP) is 1.89. The van der Waals surface area contributed by atoms with Gasteiger partial charge in [0, 0.05) is 18.2 Å². The Hall–Kier alpha value is -1.09. The molecule has 2 aliphatic rings. The third-order valence-corrected chi connectivity index (χ3v) is 6.36. The lowest BCUT2D eigenvalue weighted by Crippen LogP contribution is -2.84. The van der Waals surface area contributed by atoms with Crippen LogP contribution in [-0.4, -0.2) is 47.5 Å². The number of aliphatic hydroxyl groups excluding tert-OH is 1. The zero-order valence-electron chi connectivity index (χ0n) is 15.2. The largest absolute Gasteiger partial charge is 0.454 e. The van der Waals surface area contributed by atoms with Crippen LogP contribution in [0.15, 0.2) is 0 Å². The number of rotatable bonds is 7. The van der Waals surface area contributed by atoms with Crippen LogP contribution < -0.4 is 5.32 Å². The van der Waals surface area contributed by atoms with E-state index in [-0.39, 0.29) is 17.7 Å². The van der Waals surface area contributed by atoms with Gasteiger partial charge in [-0.15, -0.1) is 17.5 Å². The number of hydrogen-bond acceptors (Lipinski definition) is 5. The van der Waals surface area contributed by atoms with Gasteiger partial charge in [0.05, 0.1) is 5.92 Å². The molecule has 1 aliphatic carbocycles. The van der Waals surface area contributed by atoms with E-state index in [0.29, 0.717) is 0 Å². The molecule has 1 heterocycles. The van der Waals surface area contributed by atoms with E-state index in [0.717, 1.165) is 38.4 Å². The van der Waals surface area contributed by atoms with E-state index in [1.54, 1.807) is 14.0 Å². The van der Waals surface area contributed by atoms with Crippen LogP contribution in [0.4, 0.5) is 0 Å². The lowest BCUT2D eigenvalue weighted by molar-refractivity contribution is -0.254. The number of esters is 1. The maximum absolute atomic E-state index is 12.5. The van der Waals surface area contributed by atoms with Crippen molar-refractivity contribution in [2.45, 2.75) is 63.2 Å². The fraction of sp³-hybridized carbons (Fsp3) is 0.789. The average Bonchev–Trinajstić information content (AvgIpc) is 2.55.